The quantitative estimate of drug-likeness (QED) is 0.729. The summed E-state index contributed by atoms with van der Waals surface area (Å²) in [5.74, 6) is -0.442. The fourth-order valence-electron chi connectivity index (χ4n) is 3.68. The Balaban J connectivity index is 1.77. The highest BCUT2D eigenvalue weighted by Gasteiger charge is 2.35. The number of hydrogen-bond acceptors (Lipinski definition) is 4. The molecule has 1 atom stereocenters. The Bertz CT molecular complexity index is 839. The molecule has 0 aromatic heterocycles. The van der Waals surface area contributed by atoms with Crippen molar-refractivity contribution in [3.63, 3.8) is 0 Å². The summed E-state index contributed by atoms with van der Waals surface area (Å²) >= 11 is 0. The van der Waals surface area contributed by atoms with E-state index >= 15 is 0 Å². The third kappa shape index (κ3) is 4.71. The van der Waals surface area contributed by atoms with Gasteiger partial charge in [-0.05, 0) is 61.9 Å². The van der Waals surface area contributed by atoms with E-state index in [2.05, 4.69) is 5.32 Å². The van der Waals surface area contributed by atoms with Gasteiger partial charge < -0.3 is 15.0 Å². The number of Topliss-reactive ketones (excluding diaryl/α,β-unsaturated/α-hetero) is 1. The van der Waals surface area contributed by atoms with Crippen LogP contribution in [0.15, 0.2) is 48.5 Å². The molecule has 1 fully saturated rings. The van der Waals surface area contributed by atoms with E-state index < -0.39 is 5.54 Å². The number of halogens is 1. The molecule has 2 aromatic rings. The molecule has 1 N–H and O–H groups in total. The molecule has 1 aliphatic heterocycles. The summed E-state index contributed by atoms with van der Waals surface area (Å²) < 4.78 is 18.5. The smallest absolute Gasteiger partial charge is 0.254 e. The van der Waals surface area contributed by atoms with Crippen molar-refractivity contribution in [3.8, 4) is 0 Å². The molecule has 2 aromatic carbocycles. The van der Waals surface area contributed by atoms with Crippen LogP contribution in [0.2, 0.25) is 0 Å². The van der Waals surface area contributed by atoms with Gasteiger partial charge in [-0.1, -0.05) is 19.1 Å². The van der Waals surface area contributed by atoms with Gasteiger partial charge in [-0.2, -0.15) is 0 Å². The number of likely N-dealkylation sites (N-methyl/N-ethyl adjacent to an activating group) is 1. The predicted octanol–water partition coefficient (Wildman–Crippen LogP) is 3.09. The van der Waals surface area contributed by atoms with Crippen molar-refractivity contribution in [1.29, 1.82) is 0 Å². The molecule has 0 bridgehead atoms. The summed E-state index contributed by atoms with van der Waals surface area (Å²) in [6.45, 7) is 4.29. The van der Waals surface area contributed by atoms with Crippen LogP contribution in [-0.4, -0.2) is 55.5 Å². The molecule has 0 saturated carbocycles. The Hall–Kier alpha value is -2.57. The molecule has 29 heavy (non-hydrogen) atoms. The van der Waals surface area contributed by atoms with Crippen LogP contribution in [0.5, 0.6) is 0 Å². The van der Waals surface area contributed by atoms with Crippen molar-refractivity contribution >= 4 is 11.7 Å². The summed E-state index contributed by atoms with van der Waals surface area (Å²) in [5.41, 5.74) is 1.26. The molecule has 1 unspecified atom stereocenters. The van der Waals surface area contributed by atoms with Crippen LogP contribution in [0.25, 0.3) is 0 Å². The number of carbonyl (C=O) groups is 2. The summed E-state index contributed by atoms with van der Waals surface area (Å²) in [7, 11) is 1.77. The number of morpholine rings is 1. The second kappa shape index (κ2) is 9.29. The minimum atomic E-state index is -0.798. The number of amides is 1. The third-order valence-corrected chi connectivity index (χ3v) is 5.63. The normalized spacial score (nSPS) is 16.3. The number of ketones is 1. The van der Waals surface area contributed by atoms with Gasteiger partial charge >= 0.3 is 0 Å². The van der Waals surface area contributed by atoms with E-state index in [-0.39, 0.29) is 17.5 Å². The molecule has 5 nitrogen and oxygen atoms in total. The number of nitrogens with one attached hydrogen (secondary N) is 1. The monoisotopic (exact) mass is 398 g/mol. The summed E-state index contributed by atoms with van der Waals surface area (Å²) in [4.78, 5) is 27.6. The molecule has 0 aliphatic carbocycles. The Labute approximate surface area is 170 Å². The first-order valence-corrected chi connectivity index (χ1v) is 9.94. The van der Waals surface area contributed by atoms with E-state index in [1.54, 1.807) is 11.9 Å². The second-order valence-corrected chi connectivity index (χ2v) is 7.30. The number of carbonyl (C=O) groups excluding carboxylic acids is 2. The van der Waals surface area contributed by atoms with E-state index in [4.69, 9.17) is 4.74 Å². The zero-order valence-corrected chi connectivity index (χ0v) is 16.9. The van der Waals surface area contributed by atoms with Gasteiger partial charge in [0.2, 0.25) is 0 Å². The van der Waals surface area contributed by atoms with Gasteiger partial charge in [0, 0.05) is 24.2 Å². The largest absolute Gasteiger partial charge is 0.378 e. The van der Waals surface area contributed by atoms with Gasteiger partial charge in [0.15, 0.2) is 5.78 Å². The van der Waals surface area contributed by atoms with Crippen LogP contribution in [0, 0.1) is 5.82 Å². The van der Waals surface area contributed by atoms with Crippen LogP contribution in [0.1, 0.15) is 39.6 Å². The van der Waals surface area contributed by atoms with Crippen molar-refractivity contribution in [2.24, 2.45) is 0 Å². The molecule has 154 valence electrons. The van der Waals surface area contributed by atoms with Crippen molar-refractivity contribution in [3.05, 3.63) is 71.0 Å². The first-order valence-electron chi connectivity index (χ1n) is 9.94. The summed E-state index contributed by atoms with van der Waals surface area (Å²) in [6, 6.07) is 13.1. The predicted molar refractivity (Wildman–Crippen MR) is 110 cm³/mol. The molecular formula is C23H27FN2O3. The van der Waals surface area contributed by atoms with E-state index in [1.807, 2.05) is 31.2 Å². The standard InChI is InChI=1S/C23H27FN2O3/c1-3-23(25-2,21(27)18-8-10-20(24)11-9-18)16-17-4-6-19(7-5-17)22(28)26-12-14-29-15-13-26/h4-11,25H,3,12-16H2,1-2H3. The lowest BCUT2D eigenvalue weighted by atomic mass is 9.81. The Morgan fingerprint density at radius 2 is 1.62 bits per heavy atom. The average Bonchev–Trinajstić information content (AvgIpc) is 2.78. The minimum Gasteiger partial charge on any atom is -0.378 e. The van der Waals surface area contributed by atoms with Crippen molar-refractivity contribution in [2.75, 3.05) is 33.4 Å². The van der Waals surface area contributed by atoms with Crippen LogP contribution < -0.4 is 5.32 Å². The Morgan fingerprint density at radius 1 is 1.03 bits per heavy atom. The molecule has 0 radical (unpaired) electrons. The van der Waals surface area contributed by atoms with Gasteiger partial charge in [0.05, 0.1) is 18.8 Å². The zero-order chi connectivity index (χ0) is 20.9. The van der Waals surface area contributed by atoms with Gasteiger partial charge in [0.1, 0.15) is 5.82 Å². The fourth-order valence-corrected chi connectivity index (χ4v) is 3.68. The lowest BCUT2D eigenvalue weighted by Gasteiger charge is -2.31. The average molecular weight is 398 g/mol. The maximum Gasteiger partial charge on any atom is 0.254 e. The SMILES string of the molecule is CCC(Cc1ccc(C(=O)N2CCOCC2)cc1)(NC)C(=O)c1ccc(F)cc1. The van der Waals surface area contributed by atoms with E-state index in [0.29, 0.717) is 50.3 Å². The molecular weight excluding hydrogens is 371 g/mol. The van der Waals surface area contributed by atoms with Crippen LogP contribution in [-0.2, 0) is 11.2 Å². The van der Waals surface area contributed by atoms with Gasteiger partial charge in [-0.25, -0.2) is 4.39 Å². The number of benzene rings is 2. The fraction of sp³-hybridized carbons (Fsp3) is 0.391. The van der Waals surface area contributed by atoms with Crippen molar-refractivity contribution < 1.29 is 18.7 Å². The molecule has 6 heteroatoms. The second-order valence-electron chi connectivity index (χ2n) is 7.30. The number of ether oxygens (including phenoxy) is 1. The van der Waals surface area contributed by atoms with Gasteiger partial charge in [0.25, 0.3) is 5.91 Å². The van der Waals surface area contributed by atoms with E-state index in [1.165, 1.54) is 24.3 Å². The van der Waals surface area contributed by atoms with Gasteiger partial charge in [-0.15, -0.1) is 0 Å². The van der Waals surface area contributed by atoms with Crippen molar-refractivity contribution in [2.45, 2.75) is 25.3 Å². The number of hydrogen-bond donors (Lipinski definition) is 1. The molecule has 1 heterocycles. The van der Waals surface area contributed by atoms with Crippen molar-refractivity contribution in [1.82, 2.24) is 10.2 Å². The lowest BCUT2D eigenvalue weighted by Crippen LogP contribution is -2.51. The molecule has 1 amide bonds. The molecule has 1 saturated heterocycles. The van der Waals surface area contributed by atoms with Crippen LogP contribution in [0.4, 0.5) is 4.39 Å². The number of rotatable bonds is 7. The third-order valence-electron chi connectivity index (χ3n) is 5.63. The topological polar surface area (TPSA) is 58.6 Å². The first-order chi connectivity index (χ1) is 14.0. The highest BCUT2D eigenvalue weighted by Crippen LogP contribution is 2.23. The highest BCUT2D eigenvalue weighted by molar-refractivity contribution is 6.03. The van der Waals surface area contributed by atoms with Crippen LogP contribution >= 0.6 is 0 Å². The van der Waals surface area contributed by atoms with Gasteiger partial charge in [-0.3, -0.25) is 9.59 Å². The minimum absolute atomic E-state index is 0.00221. The molecule has 3 rings (SSSR count). The highest BCUT2D eigenvalue weighted by atomic mass is 19.1. The summed E-state index contributed by atoms with van der Waals surface area (Å²) in [5, 5.41) is 3.18. The Kier molecular flexibility index (Phi) is 6.77. The Morgan fingerprint density at radius 3 is 2.17 bits per heavy atom. The zero-order valence-electron chi connectivity index (χ0n) is 16.9. The summed E-state index contributed by atoms with van der Waals surface area (Å²) in [6.07, 6.45) is 1.05. The number of nitrogens with zero attached hydrogens (tertiary/aromatic N) is 1. The molecule has 0 spiro atoms. The van der Waals surface area contributed by atoms with E-state index in [9.17, 15) is 14.0 Å². The molecule has 1 aliphatic rings. The van der Waals surface area contributed by atoms with E-state index in [0.717, 1.165) is 5.56 Å². The first kappa shape index (κ1) is 21.1. The van der Waals surface area contributed by atoms with Crippen LogP contribution in [0.3, 0.4) is 0 Å². The lowest BCUT2D eigenvalue weighted by molar-refractivity contribution is 0.0303. The maximum atomic E-state index is 13.2. The maximum absolute atomic E-state index is 13.2.